The molecule has 1 atom stereocenters. The third-order valence-corrected chi connectivity index (χ3v) is 5.86. The van der Waals surface area contributed by atoms with Gasteiger partial charge in [0.25, 0.3) is 0 Å². The van der Waals surface area contributed by atoms with Crippen LogP contribution < -0.4 is 0 Å². The molecule has 0 radical (unpaired) electrons. The molecule has 0 bridgehead atoms. The Morgan fingerprint density at radius 3 is 2.81 bits per heavy atom. The summed E-state index contributed by atoms with van der Waals surface area (Å²) < 4.78 is 0. The monoisotopic (exact) mass is 355 g/mol. The summed E-state index contributed by atoms with van der Waals surface area (Å²) in [5.74, 6) is 0.639. The highest BCUT2D eigenvalue weighted by Crippen LogP contribution is 2.27. The number of hydrogen-bond acceptors (Lipinski definition) is 4. The van der Waals surface area contributed by atoms with Crippen molar-refractivity contribution < 1.29 is 4.79 Å². The molecule has 4 rings (SSSR count). The van der Waals surface area contributed by atoms with Gasteiger partial charge in [-0.3, -0.25) is 9.89 Å². The first-order chi connectivity index (χ1) is 12.8. The minimum Gasteiger partial charge on any atom is -0.342 e. The largest absolute Gasteiger partial charge is 0.342 e. The van der Waals surface area contributed by atoms with Crippen molar-refractivity contribution in [2.24, 2.45) is 0 Å². The van der Waals surface area contributed by atoms with Gasteiger partial charge in [0.2, 0.25) is 5.91 Å². The van der Waals surface area contributed by atoms with E-state index < -0.39 is 0 Å². The van der Waals surface area contributed by atoms with Crippen LogP contribution in [0.3, 0.4) is 0 Å². The Morgan fingerprint density at radius 2 is 1.96 bits per heavy atom. The van der Waals surface area contributed by atoms with Crippen LogP contribution in [0.2, 0.25) is 0 Å². The van der Waals surface area contributed by atoms with Crippen LogP contribution in [0.15, 0.2) is 18.3 Å². The summed E-state index contributed by atoms with van der Waals surface area (Å²) in [5, 5.41) is 8.03. The fraction of sp³-hybridized carbons (Fsp3) is 0.650. The van der Waals surface area contributed by atoms with Crippen LogP contribution in [0.1, 0.15) is 56.6 Å². The molecule has 4 heterocycles. The molecule has 0 saturated carbocycles. The van der Waals surface area contributed by atoms with Gasteiger partial charge < -0.3 is 9.80 Å². The topological polar surface area (TPSA) is 65.1 Å². The number of fused-ring (bicyclic) bond motifs is 1. The number of carbonyl (C=O) groups excluding carboxylic acids is 1. The van der Waals surface area contributed by atoms with Gasteiger partial charge in [-0.25, -0.2) is 4.98 Å². The molecule has 0 unspecified atom stereocenters. The van der Waals surface area contributed by atoms with E-state index in [-0.39, 0.29) is 0 Å². The van der Waals surface area contributed by atoms with Crippen molar-refractivity contribution in [2.45, 2.75) is 50.9 Å². The van der Waals surface area contributed by atoms with E-state index in [0.29, 0.717) is 18.2 Å². The molecule has 0 aromatic carbocycles. The van der Waals surface area contributed by atoms with Crippen LogP contribution in [0.4, 0.5) is 0 Å². The molecule has 0 spiro atoms. The number of pyridine rings is 1. The van der Waals surface area contributed by atoms with Crippen molar-refractivity contribution in [3.05, 3.63) is 24.0 Å². The summed E-state index contributed by atoms with van der Waals surface area (Å²) in [4.78, 5) is 22.0. The predicted octanol–water partition coefficient (Wildman–Crippen LogP) is 2.93. The van der Waals surface area contributed by atoms with Gasteiger partial charge in [-0.15, -0.1) is 0 Å². The summed E-state index contributed by atoms with van der Waals surface area (Å²) in [6.07, 6.45) is 9.85. The molecule has 140 valence electrons. The first-order valence-corrected chi connectivity index (χ1v) is 10.1. The molecule has 2 aliphatic heterocycles. The number of nitrogens with one attached hydrogen (secondary N) is 1. The smallest absolute Gasteiger partial charge is 0.223 e. The van der Waals surface area contributed by atoms with Crippen LogP contribution >= 0.6 is 0 Å². The molecule has 1 N–H and O–H groups in total. The highest BCUT2D eigenvalue weighted by molar-refractivity contribution is 5.76. The van der Waals surface area contributed by atoms with E-state index in [0.717, 1.165) is 62.3 Å². The van der Waals surface area contributed by atoms with E-state index in [1.54, 1.807) is 6.20 Å². The van der Waals surface area contributed by atoms with Gasteiger partial charge in [-0.1, -0.05) is 12.8 Å². The molecule has 6 nitrogen and oxygen atoms in total. The Hall–Kier alpha value is -1.95. The number of carbonyl (C=O) groups is 1. The van der Waals surface area contributed by atoms with Crippen LogP contribution in [-0.2, 0) is 4.79 Å². The van der Waals surface area contributed by atoms with Crippen LogP contribution in [0.5, 0.6) is 0 Å². The quantitative estimate of drug-likeness (QED) is 0.916. The van der Waals surface area contributed by atoms with Gasteiger partial charge in [0.05, 0.1) is 6.20 Å². The summed E-state index contributed by atoms with van der Waals surface area (Å²) in [7, 11) is 0. The number of amides is 1. The molecule has 2 saturated heterocycles. The van der Waals surface area contributed by atoms with E-state index in [1.165, 1.54) is 25.7 Å². The normalized spacial score (nSPS) is 22.5. The first kappa shape index (κ1) is 17.5. The Morgan fingerprint density at radius 1 is 1.12 bits per heavy atom. The second-order valence-electron chi connectivity index (χ2n) is 7.73. The highest BCUT2D eigenvalue weighted by Gasteiger charge is 2.26. The Kier molecular flexibility index (Phi) is 5.48. The number of piperidine rings is 1. The fourth-order valence-electron chi connectivity index (χ4n) is 4.29. The molecule has 6 heteroatoms. The van der Waals surface area contributed by atoms with Gasteiger partial charge in [0.15, 0.2) is 5.65 Å². The van der Waals surface area contributed by atoms with Crippen molar-refractivity contribution in [2.75, 3.05) is 32.7 Å². The van der Waals surface area contributed by atoms with Gasteiger partial charge in [0, 0.05) is 43.1 Å². The van der Waals surface area contributed by atoms with Crippen molar-refractivity contribution in [3.8, 4) is 0 Å². The first-order valence-electron chi connectivity index (χ1n) is 10.1. The summed E-state index contributed by atoms with van der Waals surface area (Å²) >= 11 is 0. The Bertz CT molecular complexity index is 735. The number of aromatic nitrogens is 3. The second-order valence-corrected chi connectivity index (χ2v) is 7.73. The van der Waals surface area contributed by atoms with Crippen molar-refractivity contribution >= 4 is 16.9 Å². The maximum absolute atomic E-state index is 12.7. The van der Waals surface area contributed by atoms with Crippen molar-refractivity contribution in [1.29, 1.82) is 0 Å². The average molecular weight is 355 g/mol. The van der Waals surface area contributed by atoms with E-state index in [4.69, 9.17) is 4.98 Å². The zero-order valence-corrected chi connectivity index (χ0v) is 15.5. The lowest BCUT2D eigenvalue weighted by Crippen LogP contribution is -2.41. The third kappa shape index (κ3) is 4.06. The lowest BCUT2D eigenvalue weighted by molar-refractivity contribution is -0.132. The van der Waals surface area contributed by atoms with E-state index in [9.17, 15) is 4.79 Å². The van der Waals surface area contributed by atoms with Crippen LogP contribution in [-0.4, -0.2) is 63.6 Å². The molecule has 2 fully saturated rings. The van der Waals surface area contributed by atoms with Crippen molar-refractivity contribution in [3.63, 3.8) is 0 Å². The van der Waals surface area contributed by atoms with Gasteiger partial charge in [-0.05, 0) is 50.9 Å². The molecule has 1 amide bonds. The fourth-order valence-corrected chi connectivity index (χ4v) is 4.29. The summed E-state index contributed by atoms with van der Waals surface area (Å²) in [5.41, 5.74) is 1.92. The number of nitrogens with zero attached hydrogens (tertiary/aromatic N) is 4. The Balaban J connectivity index is 1.34. The van der Waals surface area contributed by atoms with E-state index in [2.05, 4.69) is 32.1 Å². The zero-order valence-electron chi connectivity index (χ0n) is 15.5. The van der Waals surface area contributed by atoms with Gasteiger partial charge in [0.1, 0.15) is 0 Å². The number of aromatic amines is 1. The molecule has 2 aromatic heterocycles. The van der Waals surface area contributed by atoms with Crippen molar-refractivity contribution in [1.82, 2.24) is 25.0 Å². The number of rotatable bonds is 4. The summed E-state index contributed by atoms with van der Waals surface area (Å²) in [6, 6.07) is 4.16. The average Bonchev–Trinajstić information content (AvgIpc) is 3.00. The standard InChI is InChI=1S/C20H29N5O/c26-19(9-13-24-10-3-1-2-4-11-24)25-12-5-6-17(15-25)18-8-7-16-14-21-23-20(16)22-18/h7-8,14,17H,1-6,9-13,15H2,(H,21,22,23)/t17-/m1/s1. The maximum atomic E-state index is 12.7. The van der Waals surface area contributed by atoms with Gasteiger partial charge in [-0.2, -0.15) is 5.10 Å². The lowest BCUT2D eigenvalue weighted by Gasteiger charge is -2.33. The minimum atomic E-state index is 0.307. The van der Waals surface area contributed by atoms with E-state index in [1.807, 2.05) is 0 Å². The van der Waals surface area contributed by atoms with E-state index >= 15 is 0 Å². The molecular formula is C20H29N5O. The van der Waals surface area contributed by atoms with Crippen LogP contribution in [0, 0.1) is 0 Å². The SMILES string of the molecule is O=C(CCN1CCCCCC1)N1CCC[C@@H](c2ccc3cn[nH]c3n2)C1. The number of H-pyrrole nitrogens is 1. The highest BCUT2D eigenvalue weighted by atomic mass is 16.2. The zero-order chi connectivity index (χ0) is 17.8. The number of hydrogen-bond donors (Lipinski definition) is 1. The third-order valence-electron chi connectivity index (χ3n) is 5.86. The second kappa shape index (κ2) is 8.16. The maximum Gasteiger partial charge on any atom is 0.223 e. The molecule has 2 aliphatic rings. The molecule has 2 aromatic rings. The number of likely N-dealkylation sites (tertiary alicyclic amines) is 2. The Labute approximate surface area is 155 Å². The molecular weight excluding hydrogens is 326 g/mol. The van der Waals surface area contributed by atoms with Crippen LogP contribution in [0.25, 0.3) is 11.0 Å². The van der Waals surface area contributed by atoms with Gasteiger partial charge >= 0.3 is 0 Å². The predicted molar refractivity (Wildman–Crippen MR) is 102 cm³/mol. The molecule has 26 heavy (non-hydrogen) atoms. The lowest BCUT2D eigenvalue weighted by atomic mass is 9.94. The minimum absolute atomic E-state index is 0.307. The molecule has 0 aliphatic carbocycles. The summed E-state index contributed by atoms with van der Waals surface area (Å²) in [6.45, 7) is 4.92.